The van der Waals surface area contributed by atoms with Crippen molar-refractivity contribution in [2.24, 2.45) is 0 Å². The van der Waals surface area contributed by atoms with Crippen LogP contribution in [0.1, 0.15) is 44.1 Å². The smallest absolute Gasteiger partial charge is 0.266 e. The molecule has 2 heterocycles. The van der Waals surface area contributed by atoms with E-state index in [1.54, 1.807) is 38.1 Å². The molecule has 0 aliphatic rings. The molecule has 2 aromatic carbocycles. The summed E-state index contributed by atoms with van der Waals surface area (Å²) in [5, 5.41) is 3.28. The number of para-hydroxylation sites is 1. The number of hydrogen-bond donors (Lipinski definition) is 1. The maximum Gasteiger partial charge on any atom is 0.266 e. The molecule has 0 aliphatic carbocycles. The summed E-state index contributed by atoms with van der Waals surface area (Å²) in [5.74, 6) is -0.455. The molecule has 0 fully saturated rings. The van der Waals surface area contributed by atoms with Gasteiger partial charge in [0.25, 0.3) is 11.5 Å². The number of anilines is 1. The molecule has 0 spiro atoms. The minimum Gasteiger partial charge on any atom is -0.321 e. The summed E-state index contributed by atoms with van der Waals surface area (Å²) in [4.78, 5) is 44.2. The Hall–Kier alpha value is -3.58. The van der Waals surface area contributed by atoms with Gasteiger partial charge in [0.1, 0.15) is 4.83 Å². The van der Waals surface area contributed by atoms with E-state index in [9.17, 15) is 14.4 Å². The number of carbonyl (C=O) groups excluding carboxylic acids is 2. The van der Waals surface area contributed by atoms with Crippen molar-refractivity contribution in [3.8, 4) is 0 Å². The monoisotopic (exact) mass is 431 g/mol. The fourth-order valence-corrected chi connectivity index (χ4v) is 4.53. The van der Waals surface area contributed by atoms with E-state index < -0.39 is 6.04 Å². The highest BCUT2D eigenvalue weighted by atomic mass is 32.1. The third kappa shape index (κ3) is 3.80. The molecule has 4 rings (SSSR count). The van der Waals surface area contributed by atoms with E-state index in [4.69, 9.17) is 0 Å². The van der Waals surface area contributed by atoms with E-state index in [-0.39, 0.29) is 17.2 Å². The van der Waals surface area contributed by atoms with Gasteiger partial charge in [0.2, 0.25) is 0 Å². The molecule has 7 heteroatoms. The first-order valence-electron chi connectivity index (χ1n) is 9.85. The average Bonchev–Trinajstić information content (AvgIpc) is 3.12. The number of Topliss-reactive ketones (excluding diaryl/α,β-unsaturated/α-hetero) is 1. The lowest BCUT2D eigenvalue weighted by atomic mass is 10.1. The Morgan fingerprint density at radius 1 is 1.03 bits per heavy atom. The van der Waals surface area contributed by atoms with Crippen LogP contribution in [0.25, 0.3) is 10.2 Å². The lowest BCUT2D eigenvalue weighted by Gasteiger charge is -2.13. The minimum atomic E-state index is -0.713. The van der Waals surface area contributed by atoms with Crippen molar-refractivity contribution < 1.29 is 9.59 Å². The molecule has 0 saturated carbocycles. The van der Waals surface area contributed by atoms with Gasteiger partial charge in [-0.1, -0.05) is 48.5 Å². The number of rotatable bonds is 5. The first kappa shape index (κ1) is 20.7. The number of amides is 1. The normalized spacial score (nSPS) is 12.0. The molecule has 0 unspecified atom stereocenters. The number of ketones is 1. The van der Waals surface area contributed by atoms with Gasteiger partial charge in [-0.2, -0.15) is 0 Å². The Balaban J connectivity index is 1.71. The van der Waals surface area contributed by atoms with Crippen LogP contribution in [-0.4, -0.2) is 21.2 Å². The van der Waals surface area contributed by atoms with Gasteiger partial charge >= 0.3 is 0 Å². The molecule has 1 amide bonds. The van der Waals surface area contributed by atoms with Crippen molar-refractivity contribution in [1.82, 2.24) is 9.55 Å². The first-order chi connectivity index (χ1) is 14.9. The molecule has 1 atom stereocenters. The number of thiophene rings is 1. The summed E-state index contributed by atoms with van der Waals surface area (Å²) in [6, 6.07) is 15.6. The van der Waals surface area contributed by atoms with E-state index in [1.807, 2.05) is 37.3 Å². The van der Waals surface area contributed by atoms with Crippen LogP contribution in [0.15, 0.2) is 65.7 Å². The van der Waals surface area contributed by atoms with Crippen LogP contribution in [0.2, 0.25) is 0 Å². The van der Waals surface area contributed by atoms with Gasteiger partial charge in [-0.05, 0) is 38.0 Å². The second-order valence-corrected chi connectivity index (χ2v) is 8.37. The van der Waals surface area contributed by atoms with Crippen LogP contribution >= 0.6 is 11.3 Å². The highest BCUT2D eigenvalue weighted by molar-refractivity contribution is 7.20. The minimum absolute atomic E-state index is 0.172. The van der Waals surface area contributed by atoms with E-state index >= 15 is 0 Å². The molecule has 156 valence electrons. The first-order valence-corrected chi connectivity index (χ1v) is 10.7. The summed E-state index contributed by atoms with van der Waals surface area (Å²) in [6.07, 6.45) is 1.38. The summed E-state index contributed by atoms with van der Waals surface area (Å²) in [5.41, 5.74) is 2.44. The van der Waals surface area contributed by atoms with Gasteiger partial charge in [0.05, 0.1) is 22.6 Å². The molecule has 6 nitrogen and oxygen atoms in total. The number of carbonyl (C=O) groups is 2. The predicted octanol–water partition coefficient (Wildman–Crippen LogP) is 4.77. The number of aromatic nitrogens is 2. The Kier molecular flexibility index (Phi) is 5.52. The number of aryl methyl sites for hydroxylation is 2. The van der Waals surface area contributed by atoms with Crippen LogP contribution in [-0.2, 0) is 0 Å². The maximum atomic E-state index is 13.2. The fourth-order valence-electron chi connectivity index (χ4n) is 3.49. The average molecular weight is 432 g/mol. The Bertz CT molecular complexity index is 1360. The van der Waals surface area contributed by atoms with Crippen LogP contribution in [0.3, 0.4) is 0 Å². The van der Waals surface area contributed by atoms with Gasteiger partial charge < -0.3 is 5.32 Å². The number of nitrogens with zero attached hydrogens (tertiary/aromatic N) is 2. The zero-order chi connectivity index (χ0) is 22.1. The zero-order valence-corrected chi connectivity index (χ0v) is 18.2. The molecule has 1 N–H and O–H groups in total. The number of benzene rings is 2. The summed E-state index contributed by atoms with van der Waals surface area (Å²) in [7, 11) is 0. The van der Waals surface area contributed by atoms with Crippen LogP contribution in [0.5, 0.6) is 0 Å². The Labute approximate surface area is 183 Å². The molecular formula is C24H21N3O3S. The molecule has 0 aliphatic heterocycles. The standard InChI is InChI=1S/C24H21N3O3S/c1-14-9-7-8-12-18(14)26-22(29)21-15(2)19-23(31-21)25-13-27(24(19)30)16(3)20(28)17-10-5-4-6-11-17/h4-13,16H,1-3H3,(H,26,29)/t16-/m0/s1. The summed E-state index contributed by atoms with van der Waals surface area (Å²) < 4.78 is 1.33. The van der Waals surface area contributed by atoms with Crippen molar-refractivity contribution in [2.75, 3.05) is 5.32 Å². The Morgan fingerprint density at radius 2 is 1.71 bits per heavy atom. The quantitative estimate of drug-likeness (QED) is 0.462. The molecule has 0 bridgehead atoms. The largest absolute Gasteiger partial charge is 0.321 e. The van der Waals surface area contributed by atoms with E-state index in [0.29, 0.717) is 26.2 Å². The molecule has 4 aromatic rings. The third-order valence-electron chi connectivity index (χ3n) is 5.33. The topological polar surface area (TPSA) is 81.1 Å². The number of nitrogens with one attached hydrogen (secondary N) is 1. The second-order valence-electron chi connectivity index (χ2n) is 7.37. The SMILES string of the molecule is Cc1ccccc1NC(=O)c1sc2ncn([C@@H](C)C(=O)c3ccccc3)c(=O)c2c1C. The van der Waals surface area contributed by atoms with Crippen molar-refractivity contribution in [1.29, 1.82) is 0 Å². The highest BCUT2D eigenvalue weighted by Crippen LogP contribution is 2.28. The molecule has 2 aromatic heterocycles. The lowest BCUT2D eigenvalue weighted by Crippen LogP contribution is -2.28. The lowest BCUT2D eigenvalue weighted by molar-refractivity contribution is 0.0932. The van der Waals surface area contributed by atoms with Crippen molar-refractivity contribution in [2.45, 2.75) is 26.8 Å². The van der Waals surface area contributed by atoms with Crippen LogP contribution in [0, 0.1) is 13.8 Å². The third-order valence-corrected chi connectivity index (χ3v) is 6.53. The van der Waals surface area contributed by atoms with E-state index in [1.165, 1.54) is 22.2 Å². The van der Waals surface area contributed by atoms with Crippen molar-refractivity contribution in [3.05, 3.63) is 92.8 Å². The zero-order valence-electron chi connectivity index (χ0n) is 17.4. The summed E-state index contributed by atoms with van der Waals surface area (Å²) >= 11 is 1.18. The van der Waals surface area contributed by atoms with E-state index in [0.717, 1.165) is 11.3 Å². The van der Waals surface area contributed by atoms with Gasteiger partial charge in [0, 0.05) is 11.3 Å². The Morgan fingerprint density at radius 3 is 2.42 bits per heavy atom. The summed E-state index contributed by atoms with van der Waals surface area (Å²) in [6.45, 7) is 5.33. The highest BCUT2D eigenvalue weighted by Gasteiger charge is 2.23. The molecule has 31 heavy (non-hydrogen) atoms. The predicted molar refractivity (Wildman–Crippen MR) is 123 cm³/mol. The number of hydrogen-bond acceptors (Lipinski definition) is 5. The number of fused-ring (bicyclic) bond motifs is 1. The van der Waals surface area contributed by atoms with Gasteiger partial charge in [-0.25, -0.2) is 4.98 Å². The van der Waals surface area contributed by atoms with Crippen LogP contribution in [0.4, 0.5) is 5.69 Å². The van der Waals surface area contributed by atoms with Crippen molar-refractivity contribution >= 4 is 38.9 Å². The maximum absolute atomic E-state index is 13.2. The van der Waals surface area contributed by atoms with Crippen LogP contribution < -0.4 is 10.9 Å². The van der Waals surface area contributed by atoms with E-state index in [2.05, 4.69) is 10.3 Å². The molecule has 0 saturated heterocycles. The molecule has 0 radical (unpaired) electrons. The van der Waals surface area contributed by atoms with Gasteiger partial charge in [0.15, 0.2) is 5.78 Å². The second kappa shape index (κ2) is 8.28. The van der Waals surface area contributed by atoms with Crippen molar-refractivity contribution in [3.63, 3.8) is 0 Å². The van der Waals surface area contributed by atoms with Gasteiger partial charge in [-0.15, -0.1) is 11.3 Å². The fraction of sp³-hybridized carbons (Fsp3) is 0.167. The van der Waals surface area contributed by atoms with Gasteiger partial charge in [-0.3, -0.25) is 19.0 Å². The molecular weight excluding hydrogens is 410 g/mol.